The molecule has 0 saturated carbocycles. The SMILES string of the molecule is CN1CCC(CN(C)C(=O)CSC2CCNCC2)CC1. The van der Waals surface area contributed by atoms with E-state index in [9.17, 15) is 4.79 Å². The number of hydrogen-bond acceptors (Lipinski definition) is 4. The number of nitrogens with zero attached hydrogens (tertiary/aromatic N) is 2. The van der Waals surface area contributed by atoms with Crippen LogP contribution in [0, 0.1) is 5.92 Å². The molecule has 2 saturated heterocycles. The Morgan fingerprint density at radius 1 is 1.25 bits per heavy atom. The third-order valence-corrected chi connectivity index (χ3v) is 5.88. The minimum Gasteiger partial charge on any atom is -0.345 e. The molecule has 0 atom stereocenters. The van der Waals surface area contributed by atoms with Gasteiger partial charge in [-0.3, -0.25) is 4.79 Å². The van der Waals surface area contributed by atoms with E-state index in [1.165, 1.54) is 38.8 Å². The summed E-state index contributed by atoms with van der Waals surface area (Å²) in [5.41, 5.74) is 0. The van der Waals surface area contributed by atoms with Crippen LogP contribution in [0.5, 0.6) is 0 Å². The fourth-order valence-corrected chi connectivity index (χ4v) is 4.16. The zero-order valence-electron chi connectivity index (χ0n) is 12.9. The summed E-state index contributed by atoms with van der Waals surface area (Å²) in [6.07, 6.45) is 4.87. The van der Waals surface area contributed by atoms with Crippen LogP contribution >= 0.6 is 11.8 Å². The molecular weight excluding hydrogens is 270 g/mol. The van der Waals surface area contributed by atoms with E-state index in [0.717, 1.165) is 19.6 Å². The van der Waals surface area contributed by atoms with Gasteiger partial charge in [-0.2, -0.15) is 0 Å². The van der Waals surface area contributed by atoms with Gasteiger partial charge in [0.05, 0.1) is 5.75 Å². The number of hydrogen-bond donors (Lipinski definition) is 1. The van der Waals surface area contributed by atoms with Crippen LogP contribution in [-0.2, 0) is 4.79 Å². The highest BCUT2D eigenvalue weighted by molar-refractivity contribution is 8.00. The number of amides is 1. The Kier molecular flexibility index (Phi) is 6.65. The van der Waals surface area contributed by atoms with Gasteiger partial charge in [-0.1, -0.05) is 0 Å². The molecular formula is C15H29N3OS. The maximum Gasteiger partial charge on any atom is 0.232 e. The molecule has 2 fully saturated rings. The lowest BCUT2D eigenvalue weighted by atomic mass is 9.97. The van der Waals surface area contributed by atoms with E-state index in [-0.39, 0.29) is 0 Å². The molecule has 116 valence electrons. The van der Waals surface area contributed by atoms with Crippen molar-refractivity contribution < 1.29 is 4.79 Å². The molecule has 1 N–H and O–H groups in total. The molecule has 0 aromatic heterocycles. The van der Waals surface area contributed by atoms with E-state index in [1.54, 1.807) is 0 Å². The molecule has 0 aromatic carbocycles. The van der Waals surface area contributed by atoms with Crippen molar-refractivity contribution in [1.82, 2.24) is 15.1 Å². The second-order valence-corrected chi connectivity index (χ2v) is 7.57. The highest BCUT2D eigenvalue weighted by atomic mass is 32.2. The minimum atomic E-state index is 0.312. The Balaban J connectivity index is 1.63. The van der Waals surface area contributed by atoms with Crippen molar-refractivity contribution in [2.24, 2.45) is 5.92 Å². The van der Waals surface area contributed by atoms with Crippen LogP contribution in [0.15, 0.2) is 0 Å². The predicted molar refractivity (Wildman–Crippen MR) is 86.2 cm³/mol. The van der Waals surface area contributed by atoms with Crippen LogP contribution in [0.4, 0.5) is 0 Å². The van der Waals surface area contributed by atoms with Gasteiger partial charge in [0.25, 0.3) is 0 Å². The first-order chi connectivity index (χ1) is 9.65. The number of piperidine rings is 2. The molecule has 0 aromatic rings. The number of thioether (sulfide) groups is 1. The van der Waals surface area contributed by atoms with Crippen molar-refractivity contribution in [3.63, 3.8) is 0 Å². The minimum absolute atomic E-state index is 0.312. The summed E-state index contributed by atoms with van der Waals surface area (Å²) in [6, 6.07) is 0. The largest absolute Gasteiger partial charge is 0.345 e. The summed E-state index contributed by atoms with van der Waals surface area (Å²) in [5, 5.41) is 4.05. The number of rotatable bonds is 5. The lowest BCUT2D eigenvalue weighted by molar-refractivity contribution is -0.127. The van der Waals surface area contributed by atoms with E-state index in [4.69, 9.17) is 0 Å². The zero-order chi connectivity index (χ0) is 14.4. The van der Waals surface area contributed by atoms with E-state index in [0.29, 0.717) is 22.8 Å². The smallest absolute Gasteiger partial charge is 0.232 e. The highest BCUT2D eigenvalue weighted by Gasteiger charge is 2.21. The Morgan fingerprint density at radius 2 is 1.90 bits per heavy atom. The number of nitrogens with one attached hydrogen (secondary N) is 1. The summed E-state index contributed by atoms with van der Waals surface area (Å²) in [6.45, 7) is 5.51. The van der Waals surface area contributed by atoms with Crippen LogP contribution in [0.3, 0.4) is 0 Å². The normalized spacial score (nSPS) is 22.9. The van der Waals surface area contributed by atoms with Gasteiger partial charge < -0.3 is 15.1 Å². The first-order valence-corrected chi connectivity index (χ1v) is 8.95. The third-order valence-electron chi connectivity index (χ3n) is 4.52. The fraction of sp³-hybridized carbons (Fsp3) is 0.933. The monoisotopic (exact) mass is 299 g/mol. The summed E-state index contributed by atoms with van der Waals surface area (Å²) in [5.74, 6) is 1.67. The molecule has 4 nitrogen and oxygen atoms in total. The summed E-state index contributed by atoms with van der Waals surface area (Å²) in [4.78, 5) is 16.5. The second-order valence-electron chi connectivity index (χ2n) is 6.28. The molecule has 1 amide bonds. The Labute approximate surface area is 127 Å². The number of likely N-dealkylation sites (tertiary alicyclic amines) is 1. The maximum atomic E-state index is 12.2. The average molecular weight is 299 g/mol. The second kappa shape index (κ2) is 8.25. The van der Waals surface area contributed by atoms with Crippen LogP contribution in [-0.4, -0.2) is 73.5 Å². The van der Waals surface area contributed by atoms with Gasteiger partial charge in [0.15, 0.2) is 0 Å². The molecule has 2 rings (SSSR count). The zero-order valence-corrected chi connectivity index (χ0v) is 13.8. The molecule has 5 heteroatoms. The van der Waals surface area contributed by atoms with Gasteiger partial charge >= 0.3 is 0 Å². The number of carbonyl (C=O) groups excluding carboxylic acids is 1. The molecule has 0 radical (unpaired) electrons. The Hall–Kier alpha value is -0.260. The van der Waals surface area contributed by atoms with E-state index < -0.39 is 0 Å². The summed E-state index contributed by atoms with van der Waals surface area (Å²) in [7, 11) is 4.16. The molecule has 2 aliphatic heterocycles. The first-order valence-electron chi connectivity index (χ1n) is 7.90. The first kappa shape index (κ1) is 16.1. The topological polar surface area (TPSA) is 35.6 Å². The standard InChI is InChI=1S/C15H29N3OS/c1-17-9-5-13(6-10-17)11-18(2)15(19)12-20-14-3-7-16-8-4-14/h13-14,16H,3-12H2,1-2H3. The molecule has 0 unspecified atom stereocenters. The van der Waals surface area contributed by atoms with Gasteiger partial charge in [-0.25, -0.2) is 0 Å². The van der Waals surface area contributed by atoms with Gasteiger partial charge in [-0.05, 0) is 64.8 Å². The van der Waals surface area contributed by atoms with Crippen molar-refractivity contribution in [2.45, 2.75) is 30.9 Å². The molecule has 2 heterocycles. The van der Waals surface area contributed by atoms with E-state index in [1.807, 2.05) is 23.7 Å². The van der Waals surface area contributed by atoms with Gasteiger partial charge in [0.1, 0.15) is 0 Å². The maximum absolute atomic E-state index is 12.2. The van der Waals surface area contributed by atoms with Crippen LogP contribution in [0.2, 0.25) is 0 Å². The average Bonchev–Trinajstić information content (AvgIpc) is 2.48. The van der Waals surface area contributed by atoms with E-state index >= 15 is 0 Å². The summed E-state index contributed by atoms with van der Waals surface area (Å²) >= 11 is 1.86. The van der Waals surface area contributed by atoms with Crippen molar-refractivity contribution in [3.8, 4) is 0 Å². The van der Waals surface area contributed by atoms with Gasteiger partial charge in [0, 0.05) is 18.8 Å². The predicted octanol–water partition coefficient (Wildman–Crippen LogP) is 1.27. The Morgan fingerprint density at radius 3 is 2.55 bits per heavy atom. The highest BCUT2D eigenvalue weighted by Crippen LogP contribution is 2.21. The molecule has 0 aliphatic carbocycles. The van der Waals surface area contributed by atoms with Crippen LogP contribution in [0.1, 0.15) is 25.7 Å². The van der Waals surface area contributed by atoms with Crippen molar-refractivity contribution in [3.05, 3.63) is 0 Å². The Bertz CT molecular complexity index is 299. The summed E-state index contributed by atoms with van der Waals surface area (Å²) < 4.78 is 0. The third kappa shape index (κ3) is 5.26. The molecule has 20 heavy (non-hydrogen) atoms. The van der Waals surface area contributed by atoms with E-state index in [2.05, 4.69) is 17.3 Å². The van der Waals surface area contributed by atoms with Crippen molar-refractivity contribution >= 4 is 17.7 Å². The molecule has 2 aliphatic rings. The van der Waals surface area contributed by atoms with Gasteiger partial charge in [0.2, 0.25) is 5.91 Å². The molecule has 0 spiro atoms. The van der Waals surface area contributed by atoms with Crippen LogP contribution < -0.4 is 5.32 Å². The van der Waals surface area contributed by atoms with Crippen molar-refractivity contribution in [1.29, 1.82) is 0 Å². The molecule has 0 bridgehead atoms. The van der Waals surface area contributed by atoms with Crippen molar-refractivity contribution in [2.75, 3.05) is 52.6 Å². The lowest BCUT2D eigenvalue weighted by Crippen LogP contribution is -2.39. The van der Waals surface area contributed by atoms with Gasteiger partial charge in [-0.15, -0.1) is 11.8 Å². The quantitative estimate of drug-likeness (QED) is 0.829. The van der Waals surface area contributed by atoms with Crippen LogP contribution in [0.25, 0.3) is 0 Å². The fourth-order valence-electron chi connectivity index (χ4n) is 3.00. The number of carbonyl (C=O) groups is 1. The lowest BCUT2D eigenvalue weighted by Gasteiger charge is -2.32.